The summed E-state index contributed by atoms with van der Waals surface area (Å²) in [6.45, 7) is 1.50. The fourth-order valence-corrected chi connectivity index (χ4v) is 2.81. The van der Waals surface area contributed by atoms with E-state index in [2.05, 4.69) is 5.32 Å². The number of hydrogen-bond donors (Lipinski definition) is 1. The molecule has 3 nitrogen and oxygen atoms in total. The molecule has 0 bridgehead atoms. The third-order valence-corrected chi connectivity index (χ3v) is 3.81. The maximum absolute atomic E-state index is 11.7. The molecule has 0 aliphatic carbocycles. The smallest absolute Gasteiger partial charge is 0.348 e. The molecule has 0 amide bonds. The van der Waals surface area contributed by atoms with E-state index < -0.39 is 9.76 Å². The fourth-order valence-electron chi connectivity index (χ4n) is 1.57. The van der Waals surface area contributed by atoms with Crippen LogP contribution < -0.4 is 5.32 Å². The van der Waals surface area contributed by atoms with Crippen molar-refractivity contribution in [3.05, 3.63) is 21.4 Å². The number of carbonyl (C=O) groups is 1. The summed E-state index contributed by atoms with van der Waals surface area (Å²) in [7, 11) is 0. The summed E-state index contributed by atoms with van der Waals surface area (Å²) in [6.07, 6.45) is 0.934. The number of fused-ring (bicyclic) bond motifs is 1. The summed E-state index contributed by atoms with van der Waals surface area (Å²) in [4.78, 5) is 13.4. The standard InChI is InChI=1S/C10H10Cl3NO2S/c11-10(12,13)5-16-9(15)7-3-6-1-2-14-4-8(6)17-7/h3,14H,1-2,4-5H2. The van der Waals surface area contributed by atoms with Crippen molar-refractivity contribution in [1.29, 1.82) is 0 Å². The molecule has 1 aromatic heterocycles. The van der Waals surface area contributed by atoms with Gasteiger partial charge in [-0.25, -0.2) is 4.79 Å². The summed E-state index contributed by atoms with van der Waals surface area (Å²) in [5.74, 6) is -0.435. The lowest BCUT2D eigenvalue weighted by molar-refractivity contribution is 0.0518. The molecule has 2 rings (SSSR count). The van der Waals surface area contributed by atoms with Gasteiger partial charge in [-0.1, -0.05) is 34.8 Å². The lowest BCUT2D eigenvalue weighted by Crippen LogP contribution is -2.21. The number of ether oxygens (including phenoxy) is 1. The van der Waals surface area contributed by atoms with Crippen molar-refractivity contribution >= 4 is 52.1 Å². The highest BCUT2D eigenvalue weighted by Crippen LogP contribution is 2.28. The Balaban J connectivity index is 2.02. The third-order valence-electron chi connectivity index (χ3n) is 2.32. The lowest BCUT2D eigenvalue weighted by atomic mass is 10.1. The molecular formula is C10H10Cl3NO2S. The van der Waals surface area contributed by atoms with Gasteiger partial charge < -0.3 is 10.1 Å². The van der Waals surface area contributed by atoms with Gasteiger partial charge in [0.25, 0.3) is 0 Å². The molecule has 1 aliphatic heterocycles. The number of carbonyl (C=O) groups excluding carboxylic acids is 1. The second kappa shape index (κ2) is 5.33. The largest absolute Gasteiger partial charge is 0.457 e. The van der Waals surface area contributed by atoms with Crippen molar-refractivity contribution in [2.24, 2.45) is 0 Å². The van der Waals surface area contributed by atoms with Crippen LogP contribution >= 0.6 is 46.1 Å². The molecule has 1 aromatic rings. The highest BCUT2D eigenvalue weighted by molar-refractivity contribution is 7.14. The molecule has 0 saturated heterocycles. The van der Waals surface area contributed by atoms with Gasteiger partial charge in [0.1, 0.15) is 11.5 Å². The number of thiophene rings is 1. The Labute approximate surface area is 118 Å². The maximum Gasteiger partial charge on any atom is 0.348 e. The predicted molar refractivity (Wildman–Crippen MR) is 70.3 cm³/mol. The molecule has 0 radical (unpaired) electrons. The Kier molecular flexibility index (Phi) is 4.21. The highest BCUT2D eigenvalue weighted by Gasteiger charge is 2.24. The second-order valence-corrected chi connectivity index (χ2v) is 7.33. The van der Waals surface area contributed by atoms with E-state index in [9.17, 15) is 4.79 Å². The average Bonchev–Trinajstić information content (AvgIpc) is 2.68. The summed E-state index contributed by atoms with van der Waals surface area (Å²) in [5, 5.41) is 3.24. The van der Waals surface area contributed by atoms with Gasteiger partial charge in [-0.15, -0.1) is 11.3 Å². The quantitative estimate of drug-likeness (QED) is 0.674. The van der Waals surface area contributed by atoms with E-state index in [1.165, 1.54) is 21.8 Å². The Morgan fingerprint density at radius 1 is 1.53 bits per heavy atom. The van der Waals surface area contributed by atoms with Gasteiger partial charge in [0.15, 0.2) is 0 Å². The predicted octanol–water partition coefficient (Wildman–Crippen LogP) is 2.92. The number of rotatable bonds is 2. The van der Waals surface area contributed by atoms with Gasteiger partial charge in [-0.2, -0.15) is 0 Å². The summed E-state index contributed by atoms with van der Waals surface area (Å²) in [5.41, 5.74) is 1.20. The first-order valence-electron chi connectivity index (χ1n) is 5.02. The first-order valence-corrected chi connectivity index (χ1v) is 6.97. The van der Waals surface area contributed by atoms with Crippen LogP contribution in [0.2, 0.25) is 0 Å². The third kappa shape index (κ3) is 3.73. The van der Waals surface area contributed by atoms with Gasteiger partial charge in [-0.05, 0) is 24.6 Å². The monoisotopic (exact) mass is 313 g/mol. The number of alkyl halides is 3. The Bertz CT molecular complexity index is 404. The fraction of sp³-hybridized carbons (Fsp3) is 0.500. The van der Waals surface area contributed by atoms with Crippen LogP contribution in [0, 0.1) is 0 Å². The van der Waals surface area contributed by atoms with Crippen molar-refractivity contribution in [3.8, 4) is 0 Å². The van der Waals surface area contributed by atoms with Crippen LogP contribution in [-0.4, -0.2) is 22.9 Å². The molecular weight excluding hydrogens is 305 g/mol. The van der Waals surface area contributed by atoms with E-state index in [0.29, 0.717) is 4.88 Å². The van der Waals surface area contributed by atoms with Crippen molar-refractivity contribution in [1.82, 2.24) is 5.32 Å². The van der Waals surface area contributed by atoms with E-state index in [0.717, 1.165) is 19.5 Å². The van der Waals surface area contributed by atoms with Gasteiger partial charge in [-0.3, -0.25) is 0 Å². The van der Waals surface area contributed by atoms with E-state index in [-0.39, 0.29) is 6.61 Å². The molecule has 7 heteroatoms. The van der Waals surface area contributed by atoms with Gasteiger partial charge >= 0.3 is 5.97 Å². The Hall–Kier alpha value is -0.000000000000000104. The van der Waals surface area contributed by atoms with Crippen LogP contribution in [0.5, 0.6) is 0 Å². The van der Waals surface area contributed by atoms with E-state index in [4.69, 9.17) is 39.5 Å². The van der Waals surface area contributed by atoms with Crippen LogP contribution in [0.15, 0.2) is 6.07 Å². The minimum absolute atomic E-state index is 0.239. The second-order valence-electron chi connectivity index (χ2n) is 3.68. The van der Waals surface area contributed by atoms with Crippen LogP contribution in [0.4, 0.5) is 0 Å². The number of hydrogen-bond acceptors (Lipinski definition) is 4. The summed E-state index contributed by atoms with van der Waals surface area (Å²) < 4.78 is 3.36. The van der Waals surface area contributed by atoms with Gasteiger partial charge in [0, 0.05) is 11.4 Å². The van der Waals surface area contributed by atoms with Crippen molar-refractivity contribution in [2.45, 2.75) is 16.8 Å². The van der Waals surface area contributed by atoms with Gasteiger partial charge in [0.2, 0.25) is 3.79 Å². The normalized spacial score (nSPS) is 15.5. The minimum Gasteiger partial charge on any atom is -0.457 e. The lowest BCUT2D eigenvalue weighted by Gasteiger charge is -2.10. The molecule has 1 N–H and O–H groups in total. The molecule has 0 atom stereocenters. The van der Waals surface area contributed by atoms with Crippen molar-refractivity contribution < 1.29 is 9.53 Å². The van der Waals surface area contributed by atoms with E-state index in [1.807, 2.05) is 6.07 Å². The van der Waals surface area contributed by atoms with E-state index >= 15 is 0 Å². The van der Waals surface area contributed by atoms with E-state index in [1.54, 1.807) is 0 Å². The molecule has 0 saturated carbocycles. The van der Waals surface area contributed by atoms with Crippen LogP contribution in [0.25, 0.3) is 0 Å². The maximum atomic E-state index is 11.7. The molecule has 2 heterocycles. The molecule has 0 spiro atoms. The van der Waals surface area contributed by atoms with Gasteiger partial charge in [0.05, 0.1) is 0 Å². The molecule has 94 valence electrons. The SMILES string of the molecule is O=C(OCC(Cl)(Cl)Cl)c1cc2c(s1)CNCC2. The van der Waals surface area contributed by atoms with Crippen molar-refractivity contribution in [3.63, 3.8) is 0 Å². The van der Waals surface area contributed by atoms with Crippen LogP contribution in [0.1, 0.15) is 20.1 Å². The summed E-state index contributed by atoms with van der Waals surface area (Å²) >= 11 is 18.0. The van der Waals surface area contributed by atoms with Crippen LogP contribution in [-0.2, 0) is 17.7 Å². The molecule has 17 heavy (non-hydrogen) atoms. The number of esters is 1. The molecule has 0 unspecified atom stereocenters. The summed E-state index contributed by atoms with van der Waals surface area (Å²) in [6, 6.07) is 1.86. The first-order chi connectivity index (χ1) is 7.96. The zero-order valence-electron chi connectivity index (χ0n) is 8.76. The number of halogens is 3. The Morgan fingerprint density at radius 3 is 2.94 bits per heavy atom. The van der Waals surface area contributed by atoms with Crippen molar-refractivity contribution in [2.75, 3.05) is 13.2 Å². The Morgan fingerprint density at radius 2 is 2.29 bits per heavy atom. The minimum atomic E-state index is -1.56. The first kappa shape index (κ1) is 13.4. The zero-order valence-corrected chi connectivity index (χ0v) is 11.8. The molecule has 1 aliphatic rings. The van der Waals surface area contributed by atoms with Crippen LogP contribution in [0.3, 0.4) is 0 Å². The molecule has 0 fully saturated rings. The topological polar surface area (TPSA) is 38.3 Å². The average molecular weight is 315 g/mol. The zero-order chi connectivity index (χ0) is 12.5. The number of nitrogens with one attached hydrogen (secondary N) is 1. The molecule has 0 aromatic carbocycles. The highest BCUT2D eigenvalue weighted by atomic mass is 35.6.